The Morgan fingerprint density at radius 3 is 3.08 bits per heavy atom. The molecule has 0 aliphatic carbocycles. The third-order valence-corrected chi connectivity index (χ3v) is 5.60. The smallest absolute Gasteiger partial charge is 0.274 e. The molecule has 1 fully saturated rings. The SMILES string of the molecule is NC1=NC2(c3cccc(NC(=O)c4ccc(F)cn4)c3)COCC2CS1. The molecule has 2 aliphatic heterocycles. The number of carbonyl (C=O) groups is 1. The van der Waals surface area contributed by atoms with Crippen LogP contribution in [0.2, 0.25) is 0 Å². The standard InChI is InChI=1S/C18H17FN4O2S/c19-13-4-5-15(21-7-13)16(24)22-14-3-1-2-11(6-14)18-10-25-8-12(18)9-26-17(20)23-18/h1-7,12H,8-10H2,(H2,20,23)(H,22,24). The Kier molecular flexibility index (Phi) is 4.37. The number of amidine groups is 1. The molecule has 4 rings (SSSR count). The number of fused-ring (bicyclic) bond motifs is 1. The van der Waals surface area contributed by atoms with Gasteiger partial charge in [-0.15, -0.1) is 0 Å². The maximum atomic E-state index is 13.0. The molecule has 1 aromatic heterocycles. The number of ether oxygens (including phenoxy) is 1. The van der Waals surface area contributed by atoms with E-state index in [0.717, 1.165) is 17.5 Å². The molecule has 0 spiro atoms. The van der Waals surface area contributed by atoms with Crippen molar-refractivity contribution in [1.82, 2.24) is 4.98 Å². The molecule has 3 heterocycles. The minimum atomic E-state index is -0.510. The predicted octanol–water partition coefficient (Wildman–Crippen LogP) is 2.38. The molecule has 1 saturated heterocycles. The number of benzene rings is 1. The van der Waals surface area contributed by atoms with E-state index in [2.05, 4.69) is 10.3 Å². The molecule has 2 unspecified atom stereocenters. The summed E-state index contributed by atoms with van der Waals surface area (Å²) in [5.74, 6) is 0.206. The van der Waals surface area contributed by atoms with Crippen LogP contribution in [0.1, 0.15) is 16.1 Å². The fourth-order valence-electron chi connectivity index (χ4n) is 3.29. The normalized spacial score (nSPS) is 24.7. The average molecular weight is 372 g/mol. The van der Waals surface area contributed by atoms with Gasteiger partial charge in [0.2, 0.25) is 0 Å². The van der Waals surface area contributed by atoms with E-state index < -0.39 is 17.3 Å². The van der Waals surface area contributed by atoms with Crippen molar-refractivity contribution in [3.8, 4) is 0 Å². The van der Waals surface area contributed by atoms with E-state index in [1.807, 2.05) is 18.2 Å². The lowest BCUT2D eigenvalue weighted by molar-refractivity contribution is 0.102. The average Bonchev–Trinajstić information content (AvgIpc) is 3.06. The molecule has 0 saturated carbocycles. The Balaban J connectivity index is 1.62. The van der Waals surface area contributed by atoms with Gasteiger partial charge in [0.25, 0.3) is 5.91 Å². The molecule has 1 aromatic carbocycles. The lowest BCUT2D eigenvalue weighted by Crippen LogP contribution is -2.39. The Bertz CT molecular complexity index is 874. The lowest BCUT2D eigenvalue weighted by atomic mass is 9.81. The van der Waals surface area contributed by atoms with Gasteiger partial charge in [-0.2, -0.15) is 0 Å². The van der Waals surface area contributed by atoms with Gasteiger partial charge in [-0.3, -0.25) is 4.79 Å². The number of nitrogens with two attached hydrogens (primary N) is 1. The number of pyridine rings is 1. The van der Waals surface area contributed by atoms with Crippen molar-refractivity contribution in [3.63, 3.8) is 0 Å². The maximum absolute atomic E-state index is 13.0. The quantitative estimate of drug-likeness (QED) is 0.863. The molecule has 2 atom stereocenters. The van der Waals surface area contributed by atoms with E-state index in [9.17, 15) is 9.18 Å². The number of hydrogen-bond acceptors (Lipinski definition) is 6. The predicted molar refractivity (Wildman–Crippen MR) is 98.7 cm³/mol. The zero-order valence-electron chi connectivity index (χ0n) is 13.8. The molecule has 0 bridgehead atoms. The number of nitrogens with one attached hydrogen (secondary N) is 1. The van der Waals surface area contributed by atoms with E-state index in [0.29, 0.717) is 24.1 Å². The van der Waals surface area contributed by atoms with Gasteiger partial charge in [-0.1, -0.05) is 23.9 Å². The molecule has 1 amide bonds. The third kappa shape index (κ3) is 3.06. The summed E-state index contributed by atoms with van der Waals surface area (Å²) in [6.45, 7) is 1.11. The van der Waals surface area contributed by atoms with Crippen LogP contribution in [0.5, 0.6) is 0 Å². The Morgan fingerprint density at radius 2 is 2.27 bits per heavy atom. The number of amides is 1. The fourth-order valence-corrected chi connectivity index (χ4v) is 4.26. The summed E-state index contributed by atoms with van der Waals surface area (Å²) in [5.41, 5.74) is 7.17. The second-order valence-electron chi connectivity index (χ2n) is 6.29. The number of aromatic nitrogens is 1. The first-order valence-electron chi connectivity index (χ1n) is 8.16. The molecule has 8 heteroatoms. The van der Waals surface area contributed by atoms with E-state index in [1.54, 1.807) is 17.8 Å². The summed E-state index contributed by atoms with van der Waals surface area (Å²) in [4.78, 5) is 20.8. The molecular formula is C18H17FN4O2S. The topological polar surface area (TPSA) is 89.6 Å². The number of rotatable bonds is 3. The first-order chi connectivity index (χ1) is 12.6. The fraction of sp³-hybridized carbons (Fsp3) is 0.278. The molecular weight excluding hydrogens is 355 g/mol. The zero-order valence-corrected chi connectivity index (χ0v) is 14.6. The first-order valence-corrected chi connectivity index (χ1v) is 9.15. The second kappa shape index (κ2) is 6.69. The molecule has 3 N–H and O–H groups in total. The summed E-state index contributed by atoms with van der Waals surface area (Å²) in [5, 5.41) is 3.35. The molecule has 0 radical (unpaired) electrons. The Morgan fingerprint density at radius 1 is 1.38 bits per heavy atom. The lowest BCUT2D eigenvalue weighted by Gasteiger charge is -2.34. The number of hydrogen-bond donors (Lipinski definition) is 2. The highest BCUT2D eigenvalue weighted by molar-refractivity contribution is 8.13. The van der Waals surface area contributed by atoms with Gasteiger partial charge < -0.3 is 15.8 Å². The van der Waals surface area contributed by atoms with Crippen LogP contribution in [0, 0.1) is 11.7 Å². The summed E-state index contributed by atoms with van der Waals surface area (Å²) in [7, 11) is 0. The van der Waals surface area contributed by atoms with Crippen LogP contribution in [-0.2, 0) is 10.3 Å². The van der Waals surface area contributed by atoms with Crippen molar-refractivity contribution in [3.05, 3.63) is 59.7 Å². The van der Waals surface area contributed by atoms with Crippen molar-refractivity contribution < 1.29 is 13.9 Å². The summed E-state index contributed by atoms with van der Waals surface area (Å²) in [6, 6.07) is 10.1. The van der Waals surface area contributed by atoms with Gasteiger partial charge in [0, 0.05) is 17.4 Å². The van der Waals surface area contributed by atoms with E-state index in [4.69, 9.17) is 15.5 Å². The molecule has 2 aromatic rings. The highest BCUT2D eigenvalue weighted by atomic mass is 32.2. The van der Waals surface area contributed by atoms with Gasteiger partial charge in [-0.05, 0) is 29.8 Å². The van der Waals surface area contributed by atoms with Gasteiger partial charge in [0.05, 0.1) is 19.4 Å². The summed E-state index contributed by atoms with van der Waals surface area (Å²) < 4.78 is 18.7. The second-order valence-corrected chi connectivity index (χ2v) is 7.33. The number of halogens is 1. The van der Waals surface area contributed by atoms with Crippen LogP contribution in [0.15, 0.2) is 47.6 Å². The van der Waals surface area contributed by atoms with Crippen molar-refractivity contribution in [2.45, 2.75) is 5.54 Å². The number of anilines is 1. The third-order valence-electron chi connectivity index (χ3n) is 4.64. The van der Waals surface area contributed by atoms with Crippen LogP contribution in [0.3, 0.4) is 0 Å². The van der Waals surface area contributed by atoms with Crippen molar-refractivity contribution >= 4 is 28.5 Å². The number of aliphatic imine (C=N–C) groups is 1. The van der Waals surface area contributed by atoms with Gasteiger partial charge in [-0.25, -0.2) is 14.4 Å². The van der Waals surface area contributed by atoms with Crippen LogP contribution in [0.4, 0.5) is 10.1 Å². The Hall–Kier alpha value is -2.45. The van der Waals surface area contributed by atoms with Gasteiger partial charge in [0.15, 0.2) is 5.17 Å². The number of nitrogens with zero attached hydrogens (tertiary/aromatic N) is 2. The number of thioether (sulfide) groups is 1. The highest BCUT2D eigenvalue weighted by Gasteiger charge is 2.47. The monoisotopic (exact) mass is 372 g/mol. The maximum Gasteiger partial charge on any atom is 0.274 e. The van der Waals surface area contributed by atoms with E-state index in [-0.39, 0.29) is 11.6 Å². The Labute approximate surface area is 154 Å². The van der Waals surface area contributed by atoms with Crippen molar-refractivity contribution in [1.29, 1.82) is 0 Å². The van der Waals surface area contributed by atoms with Crippen LogP contribution < -0.4 is 11.1 Å². The van der Waals surface area contributed by atoms with E-state index >= 15 is 0 Å². The molecule has 6 nitrogen and oxygen atoms in total. The minimum Gasteiger partial charge on any atom is -0.379 e. The summed E-state index contributed by atoms with van der Waals surface area (Å²) >= 11 is 1.54. The molecule has 2 aliphatic rings. The van der Waals surface area contributed by atoms with Gasteiger partial charge >= 0.3 is 0 Å². The first kappa shape index (κ1) is 17.0. The zero-order chi connectivity index (χ0) is 18.1. The van der Waals surface area contributed by atoms with Crippen molar-refractivity contribution in [2.24, 2.45) is 16.6 Å². The van der Waals surface area contributed by atoms with Crippen LogP contribution >= 0.6 is 11.8 Å². The molecule has 134 valence electrons. The largest absolute Gasteiger partial charge is 0.379 e. The highest BCUT2D eigenvalue weighted by Crippen LogP contribution is 2.44. The van der Waals surface area contributed by atoms with E-state index in [1.165, 1.54) is 12.1 Å². The molecule has 26 heavy (non-hydrogen) atoms. The van der Waals surface area contributed by atoms with Crippen LogP contribution in [-0.4, -0.2) is 35.0 Å². The number of carbonyl (C=O) groups excluding carboxylic acids is 1. The van der Waals surface area contributed by atoms with Gasteiger partial charge in [0.1, 0.15) is 17.1 Å². The minimum absolute atomic E-state index is 0.147. The summed E-state index contributed by atoms with van der Waals surface area (Å²) in [6.07, 6.45) is 1.02. The van der Waals surface area contributed by atoms with Crippen LogP contribution in [0.25, 0.3) is 0 Å². The van der Waals surface area contributed by atoms with Crippen molar-refractivity contribution in [2.75, 3.05) is 24.3 Å².